The van der Waals surface area contributed by atoms with E-state index in [1.807, 2.05) is 0 Å². The molecule has 0 aliphatic heterocycles. The number of amides is 1. The van der Waals surface area contributed by atoms with Crippen LogP contribution in [-0.2, 0) is 9.53 Å². The number of ether oxygens (including phenoxy) is 1. The molecule has 94 valence electrons. The van der Waals surface area contributed by atoms with E-state index in [1.54, 1.807) is 0 Å². The first-order chi connectivity index (χ1) is 8.02. The molecular weight excluding hydrogens is 229 g/mol. The molecule has 0 aromatic carbocycles. The fourth-order valence-corrected chi connectivity index (χ4v) is 2.61. The zero-order valence-corrected chi connectivity index (χ0v) is 9.19. The molecule has 0 saturated heterocycles. The summed E-state index contributed by atoms with van der Waals surface area (Å²) in [6.07, 6.45) is -0.274. The number of alkyl carbamates (subject to hydrolysis) is 1. The summed E-state index contributed by atoms with van der Waals surface area (Å²) >= 11 is 0. The van der Waals surface area contributed by atoms with Crippen molar-refractivity contribution in [2.75, 3.05) is 6.61 Å². The van der Waals surface area contributed by atoms with Gasteiger partial charge in [-0.05, 0) is 24.7 Å². The van der Waals surface area contributed by atoms with Crippen molar-refractivity contribution in [3.63, 3.8) is 0 Å². The highest BCUT2D eigenvalue weighted by Crippen LogP contribution is 2.58. The molecule has 2 N–H and O–H groups in total. The van der Waals surface area contributed by atoms with E-state index >= 15 is 0 Å². The average Bonchev–Trinajstić information content (AvgIpc) is 2.96. The van der Waals surface area contributed by atoms with Gasteiger partial charge in [-0.2, -0.15) is 0 Å². The second-order valence-electron chi connectivity index (χ2n) is 4.49. The number of carbonyl (C=O) groups is 2. The number of hydrogen-bond donors (Lipinski definition) is 2. The van der Waals surface area contributed by atoms with Crippen LogP contribution in [0.1, 0.15) is 12.8 Å². The largest absolute Gasteiger partial charge is 0.479 e. The van der Waals surface area contributed by atoms with Crippen molar-refractivity contribution in [2.45, 2.75) is 24.6 Å². The van der Waals surface area contributed by atoms with E-state index in [1.165, 1.54) is 6.08 Å². The van der Waals surface area contributed by atoms with Crippen LogP contribution in [-0.4, -0.2) is 35.5 Å². The molecule has 2 aliphatic carbocycles. The molecule has 0 radical (unpaired) electrons. The van der Waals surface area contributed by atoms with Gasteiger partial charge in [0.25, 0.3) is 0 Å². The number of alkyl halides is 1. The number of hydrogen-bond acceptors (Lipinski definition) is 3. The van der Waals surface area contributed by atoms with E-state index in [0.717, 1.165) is 0 Å². The Bertz CT molecular complexity index is 368. The minimum atomic E-state index is -1.80. The number of nitrogens with one attached hydrogen (secondary N) is 1. The smallest absolute Gasteiger partial charge is 0.408 e. The Labute approximate surface area is 97.6 Å². The van der Waals surface area contributed by atoms with Crippen LogP contribution in [0.15, 0.2) is 12.7 Å². The highest BCUT2D eigenvalue weighted by atomic mass is 19.1. The van der Waals surface area contributed by atoms with Gasteiger partial charge in [-0.3, -0.25) is 0 Å². The van der Waals surface area contributed by atoms with Gasteiger partial charge >= 0.3 is 12.1 Å². The maximum Gasteiger partial charge on any atom is 0.408 e. The third kappa shape index (κ3) is 1.77. The van der Waals surface area contributed by atoms with Gasteiger partial charge in [0.1, 0.15) is 12.8 Å². The van der Waals surface area contributed by atoms with Crippen LogP contribution < -0.4 is 5.32 Å². The summed E-state index contributed by atoms with van der Waals surface area (Å²) in [6, 6.07) is 0. The summed E-state index contributed by atoms with van der Waals surface area (Å²) in [5, 5.41) is 11.4. The summed E-state index contributed by atoms with van der Waals surface area (Å²) < 4.78 is 18.4. The Hall–Kier alpha value is -1.59. The maximum absolute atomic E-state index is 13.8. The standard InChI is InChI=1S/C11H14FNO4/c1-2-3-17-10(16)13-11(9(14)15)7-4-6(7)5-8(11)12/h2,6-8H,1,3-5H2,(H,13,16)(H,14,15). The molecule has 4 atom stereocenters. The van der Waals surface area contributed by atoms with Crippen molar-refractivity contribution in [1.82, 2.24) is 5.32 Å². The number of aliphatic carboxylic acids is 1. The molecule has 0 aromatic heterocycles. The Balaban J connectivity index is 2.10. The van der Waals surface area contributed by atoms with Gasteiger partial charge < -0.3 is 15.2 Å². The molecule has 6 heteroatoms. The van der Waals surface area contributed by atoms with Gasteiger partial charge in [0.2, 0.25) is 0 Å². The van der Waals surface area contributed by atoms with E-state index < -0.39 is 23.8 Å². The van der Waals surface area contributed by atoms with Gasteiger partial charge in [-0.1, -0.05) is 12.7 Å². The first-order valence-corrected chi connectivity index (χ1v) is 5.45. The first-order valence-electron chi connectivity index (χ1n) is 5.45. The number of carbonyl (C=O) groups excluding carboxylic acids is 1. The number of carboxylic acid groups (broad SMARTS) is 1. The second kappa shape index (κ2) is 4.01. The molecule has 2 rings (SSSR count). The molecule has 0 heterocycles. The summed E-state index contributed by atoms with van der Waals surface area (Å²) in [5.41, 5.74) is -1.80. The minimum Gasteiger partial charge on any atom is -0.479 e. The van der Waals surface area contributed by atoms with Crippen molar-refractivity contribution in [1.29, 1.82) is 0 Å². The average molecular weight is 243 g/mol. The van der Waals surface area contributed by atoms with Crippen molar-refractivity contribution in [2.24, 2.45) is 11.8 Å². The topological polar surface area (TPSA) is 75.6 Å². The van der Waals surface area contributed by atoms with Crippen LogP contribution in [0.3, 0.4) is 0 Å². The van der Waals surface area contributed by atoms with E-state index in [9.17, 15) is 19.1 Å². The molecule has 4 unspecified atom stereocenters. The number of halogens is 1. The van der Waals surface area contributed by atoms with Crippen molar-refractivity contribution in [3.05, 3.63) is 12.7 Å². The molecular formula is C11H14FNO4. The second-order valence-corrected chi connectivity index (χ2v) is 4.49. The van der Waals surface area contributed by atoms with E-state index in [0.29, 0.717) is 6.42 Å². The number of carboxylic acids is 1. The van der Waals surface area contributed by atoms with Gasteiger partial charge in [0, 0.05) is 0 Å². The van der Waals surface area contributed by atoms with Gasteiger partial charge in [-0.15, -0.1) is 0 Å². The third-order valence-corrected chi connectivity index (χ3v) is 3.51. The highest BCUT2D eigenvalue weighted by Gasteiger charge is 2.69. The SMILES string of the molecule is C=CCOC(=O)NC1(C(=O)O)C(F)CC2CC21. The summed E-state index contributed by atoms with van der Waals surface area (Å²) in [5.74, 6) is -1.57. The van der Waals surface area contributed by atoms with E-state index in [-0.39, 0.29) is 24.9 Å². The molecule has 2 fully saturated rings. The molecule has 0 aromatic rings. The predicted molar refractivity (Wildman–Crippen MR) is 56.2 cm³/mol. The number of fused-ring (bicyclic) bond motifs is 1. The molecule has 5 nitrogen and oxygen atoms in total. The lowest BCUT2D eigenvalue weighted by Gasteiger charge is -2.29. The third-order valence-electron chi connectivity index (χ3n) is 3.51. The fraction of sp³-hybridized carbons (Fsp3) is 0.636. The first kappa shape index (κ1) is 11.9. The number of rotatable bonds is 4. The van der Waals surface area contributed by atoms with Crippen molar-refractivity contribution in [3.8, 4) is 0 Å². The summed E-state index contributed by atoms with van der Waals surface area (Å²) in [4.78, 5) is 22.6. The summed E-state index contributed by atoms with van der Waals surface area (Å²) in [7, 11) is 0. The lowest BCUT2D eigenvalue weighted by molar-refractivity contribution is -0.148. The molecule has 2 aliphatic rings. The Kier molecular flexibility index (Phi) is 2.81. The zero-order chi connectivity index (χ0) is 12.6. The van der Waals surface area contributed by atoms with Crippen LogP contribution >= 0.6 is 0 Å². The Morgan fingerprint density at radius 1 is 1.59 bits per heavy atom. The van der Waals surface area contributed by atoms with Crippen LogP contribution in [0.25, 0.3) is 0 Å². The lowest BCUT2D eigenvalue weighted by Crippen LogP contribution is -2.60. The Morgan fingerprint density at radius 2 is 2.29 bits per heavy atom. The van der Waals surface area contributed by atoms with Crippen molar-refractivity contribution < 1.29 is 23.8 Å². The van der Waals surface area contributed by atoms with Gasteiger partial charge in [0.15, 0.2) is 5.54 Å². The molecule has 2 saturated carbocycles. The molecule has 0 bridgehead atoms. The highest BCUT2D eigenvalue weighted by molar-refractivity contribution is 5.87. The van der Waals surface area contributed by atoms with Gasteiger partial charge in [-0.25, -0.2) is 14.0 Å². The lowest BCUT2D eigenvalue weighted by atomic mass is 9.91. The Morgan fingerprint density at radius 3 is 2.76 bits per heavy atom. The van der Waals surface area contributed by atoms with E-state index in [2.05, 4.69) is 16.6 Å². The predicted octanol–water partition coefficient (Wildman–Crippen LogP) is 1.10. The van der Waals surface area contributed by atoms with E-state index in [4.69, 9.17) is 0 Å². The van der Waals surface area contributed by atoms with Crippen LogP contribution in [0.2, 0.25) is 0 Å². The van der Waals surface area contributed by atoms with Crippen molar-refractivity contribution >= 4 is 12.1 Å². The zero-order valence-electron chi connectivity index (χ0n) is 9.19. The quantitative estimate of drug-likeness (QED) is 0.725. The summed E-state index contributed by atoms with van der Waals surface area (Å²) in [6.45, 7) is 3.32. The normalized spacial score (nSPS) is 38.1. The molecule has 17 heavy (non-hydrogen) atoms. The van der Waals surface area contributed by atoms with Crippen LogP contribution in [0.4, 0.5) is 9.18 Å². The maximum atomic E-state index is 13.8. The fourth-order valence-electron chi connectivity index (χ4n) is 2.61. The molecule has 0 spiro atoms. The monoisotopic (exact) mass is 243 g/mol. The van der Waals surface area contributed by atoms with Gasteiger partial charge in [0.05, 0.1) is 0 Å². The molecule has 1 amide bonds. The van der Waals surface area contributed by atoms with Crippen LogP contribution in [0.5, 0.6) is 0 Å². The van der Waals surface area contributed by atoms with Crippen LogP contribution in [0, 0.1) is 11.8 Å². The minimum absolute atomic E-state index is 0.0351.